The molecule has 4 heteroatoms. The highest BCUT2D eigenvalue weighted by molar-refractivity contribution is 5.67. The van der Waals surface area contributed by atoms with Crippen LogP contribution >= 0.6 is 0 Å². The van der Waals surface area contributed by atoms with Gasteiger partial charge in [-0.2, -0.15) is 0 Å². The summed E-state index contributed by atoms with van der Waals surface area (Å²) in [4.78, 5) is 11.9. The maximum absolute atomic E-state index is 11.9. The molecule has 4 nitrogen and oxygen atoms in total. The fourth-order valence-corrected chi connectivity index (χ4v) is 4.05. The van der Waals surface area contributed by atoms with E-state index in [1.807, 2.05) is 20.8 Å². The van der Waals surface area contributed by atoms with Crippen molar-refractivity contribution in [3.05, 3.63) is 0 Å². The van der Waals surface area contributed by atoms with E-state index in [2.05, 4.69) is 24.5 Å². The molecule has 4 unspecified atom stereocenters. The largest absolute Gasteiger partial charge is 0.444 e. The summed E-state index contributed by atoms with van der Waals surface area (Å²) in [6, 6.07) is 1.000. The number of rotatable bonds is 6. The van der Waals surface area contributed by atoms with Gasteiger partial charge in [-0.05, 0) is 64.2 Å². The molecule has 2 bridgehead atoms. The van der Waals surface area contributed by atoms with Gasteiger partial charge in [0.15, 0.2) is 0 Å². The van der Waals surface area contributed by atoms with Crippen molar-refractivity contribution < 1.29 is 9.53 Å². The van der Waals surface area contributed by atoms with Crippen LogP contribution in [0.1, 0.15) is 66.7 Å². The summed E-state index contributed by atoms with van der Waals surface area (Å²) in [5.41, 5.74) is -0.435. The van der Waals surface area contributed by atoms with Crippen LogP contribution in [0.4, 0.5) is 4.79 Å². The third-order valence-electron chi connectivity index (χ3n) is 4.84. The number of carbonyl (C=O) groups excluding carboxylic acids is 1. The van der Waals surface area contributed by atoms with E-state index in [0.29, 0.717) is 24.5 Å². The number of nitrogens with one attached hydrogen (secondary N) is 2. The minimum atomic E-state index is -0.435. The lowest BCUT2D eigenvalue weighted by Gasteiger charge is -2.30. The highest BCUT2D eigenvalue weighted by Crippen LogP contribution is 2.44. The summed E-state index contributed by atoms with van der Waals surface area (Å²) >= 11 is 0. The number of ether oxygens (including phenoxy) is 1. The van der Waals surface area contributed by atoms with Crippen LogP contribution in [0, 0.1) is 17.8 Å². The first-order chi connectivity index (χ1) is 10.2. The number of fused-ring (bicyclic) bond motifs is 2. The zero-order valence-electron chi connectivity index (χ0n) is 14.9. The van der Waals surface area contributed by atoms with Gasteiger partial charge in [-0.1, -0.05) is 20.3 Å². The molecule has 2 aliphatic carbocycles. The molecule has 0 aromatic rings. The standard InChI is InChI=1S/C18H34N2O2/c1-12(2)8-15(11-19-17(21)22-18(3,4)5)20-16-10-13-6-7-14(16)9-13/h12-16,20H,6-11H2,1-5H3,(H,19,21). The molecule has 0 saturated heterocycles. The van der Waals surface area contributed by atoms with Crippen LogP contribution in [0.3, 0.4) is 0 Å². The van der Waals surface area contributed by atoms with Crippen molar-refractivity contribution in [2.75, 3.05) is 6.54 Å². The Balaban J connectivity index is 1.80. The van der Waals surface area contributed by atoms with Crippen LogP contribution < -0.4 is 10.6 Å². The van der Waals surface area contributed by atoms with Crippen molar-refractivity contribution in [2.45, 2.75) is 84.4 Å². The Morgan fingerprint density at radius 2 is 1.95 bits per heavy atom. The minimum Gasteiger partial charge on any atom is -0.444 e. The molecule has 2 rings (SSSR count). The van der Waals surface area contributed by atoms with Gasteiger partial charge in [0.05, 0.1) is 0 Å². The quantitative estimate of drug-likeness (QED) is 0.786. The monoisotopic (exact) mass is 310 g/mol. The molecule has 22 heavy (non-hydrogen) atoms. The van der Waals surface area contributed by atoms with E-state index in [-0.39, 0.29) is 6.09 Å². The molecule has 2 N–H and O–H groups in total. The molecule has 2 saturated carbocycles. The predicted octanol–water partition coefficient (Wildman–Crippen LogP) is 3.70. The maximum Gasteiger partial charge on any atom is 0.407 e. The minimum absolute atomic E-state index is 0.309. The normalized spacial score (nSPS) is 28.9. The smallest absolute Gasteiger partial charge is 0.407 e. The number of hydrogen-bond donors (Lipinski definition) is 2. The average Bonchev–Trinajstić information content (AvgIpc) is 2.95. The molecule has 2 fully saturated rings. The Labute approximate surface area is 135 Å². The van der Waals surface area contributed by atoms with E-state index < -0.39 is 5.60 Å². The lowest BCUT2D eigenvalue weighted by Crippen LogP contribution is -2.48. The zero-order chi connectivity index (χ0) is 16.3. The lowest BCUT2D eigenvalue weighted by molar-refractivity contribution is 0.0519. The topological polar surface area (TPSA) is 50.4 Å². The lowest BCUT2D eigenvalue weighted by atomic mass is 9.93. The first kappa shape index (κ1) is 17.6. The summed E-state index contributed by atoms with van der Waals surface area (Å²) in [5.74, 6) is 2.43. The number of amides is 1. The van der Waals surface area contributed by atoms with Crippen LogP contribution in [0.2, 0.25) is 0 Å². The fraction of sp³-hybridized carbons (Fsp3) is 0.944. The third-order valence-corrected chi connectivity index (χ3v) is 4.84. The fourth-order valence-electron chi connectivity index (χ4n) is 4.05. The molecular formula is C18H34N2O2. The molecule has 0 aromatic heterocycles. The van der Waals surface area contributed by atoms with E-state index in [1.165, 1.54) is 25.7 Å². The Hall–Kier alpha value is -0.770. The highest BCUT2D eigenvalue weighted by atomic mass is 16.6. The Kier molecular flexibility index (Phi) is 5.76. The van der Waals surface area contributed by atoms with E-state index in [0.717, 1.165) is 18.3 Å². The van der Waals surface area contributed by atoms with Gasteiger partial charge < -0.3 is 15.4 Å². The molecule has 0 aromatic carbocycles. The highest BCUT2D eigenvalue weighted by Gasteiger charge is 2.40. The van der Waals surface area contributed by atoms with E-state index in [1.54, 1.807) is 0 Å². The second kappa shape index (κ2) is 7.20. The van der Waals surface area contributed by atoms with Crippen molar-refractivity contribution in [2.24, 2.45) is 17.8 Å². The van der Waals surface area contributed by atoms with E-state index in [4.69, 9.17) is 4.74 Å². The molecule has 0 radical (unpaired) electrons. The van der Waals surface area contributed by atoms with Gasteiger partial charge in [0.25, 0.3) is 0 Å². The van der Waals surface area contributed by atoms with Gasteiger partial charge in [-0.25, -0.2) is 4.79 Å². The zero-order valence-corrected chi connectivity index (χ0v) is 14.9. The van der Waals surface area contributed by atoms with E-state index in [9.17, 15) is 4.79 Å². The van der Waals surface area contributed by atoms with Crippen molar-refractivity contribution in [3.63, 3.8) is 0 Å². The molecule has 4 atom stereocenters. The van der Waals surface area contributed by atoms with Gasteiger partial charge in [0.1, 0.15) is 5.60 Å². The third kappa shape index (κ3) is 5.45. The summed E-state index contributed by atoms with van der Waals surface area (Å²) < 4.78 is 5.33. The van der Waals surface area contributed by atoms with Gasteiger partial charge in [-0.15, -0.1) is 0 Å². The number of carbonyl (C=O) groups is 1. The summed E-state index contributed by atoms with van der Waals surface area (Å²) in [7, 11) is 0. The van der Waals surface area contributed by atoms with Gasteiger partial charge in [0.2, 0.25) is 0 Å². The van der Waals surface area contributed by atoms with Crippen molar-refractivity contribution in [1.82, 2.24) is 10.6 Å². The molecule has 128 valence electrons. The van der Waals surface area contributed by atoms with Crippen molar-refractivity contribution >= 4 is 6.09 Å². The van der Waals surface area contributed by atoms with Crippen LogP contribution in [0.15, 0.2) is 0 Å². The Bertz CT molecular complexity index is 376. The average molecular weight is 310 g/mol. The summed E-state index contributed by atoms with van der Waals surface area (Å²) in [5, 5.41) is 6.77. The Morgan fingerprint density at radius 1 is 1.23 bits per heavy atom. The predicted molar refractivity (Wildman–Crippen MR) is 89.9 cm³/mol. The summed E-state index contributed by atoms with van der Waals surface area (Å²) in [6.07, 6.45) is 6.32. The van der Waals surface area contributed by atoms with Crippen LogP contribution in [-0.2, 0) is 4.74 Å². The number of hydrogen-bond acceptors (Lipinski definition) is 3. The van der Waals surface area contributed by atoms with Crippen LogP contribution in [0.5, 0.6) is 0 Å². The summed E-state index contributed by atoms with van der Waals surface area (Å²) in [6.45, 7) is 10.8. The second-order valence-electron chi connectivity index (χ2n) is 8.66. The first-order valence-electron chi connectivity index (χ1n) is 8.96. The van der Waals surface area contributed by atoms with Crippen LogP contribution in [-0.4, -0.2) is 30.3 Å². The molecule has 1 amide bonds. The van der Waals surface area contributed by atoms with Crippen molar-refractivity contribution in [3.8, 4) is 0 Å². The van der Waals surface area contributed by atoms with Gasteiger partial charge in [0, 0.05) is 18.6 Å². The van der Waals surface area contributed by atoms with Crippen molar-refractivity contribution in [1.29, 1.82) is 0 Å². The molecule has 0 aliphatic heterocycles. The van der Waals surface area contributed by atoms with E-state index >= 15 is 0 Å². The number of alkyl carbamates (subject to hydrolysis) is 1. The molecular weight excluding hydrogens is 276 g/mol. The van der Waals surface area contributed by atoms with Gasteiger partial charge >= 0.3 is 6.09 Å². The van der Waals surface area contributed by atoms with Gasteiger partial charge in [-0.3, -0.25) is 0 Å². The second-order valence-corrected chi connectivity index (χ2v) is 8.66. The Morgan fingerprint density at radius 3 is 2.45 bits per heavy atom. The van der Waals surface area contributed by atoms with Crippen LogP contribution in [0.25, 0.3) is 0 Å². The maximum atomic E-state index is 11.9. The molecule has 0 spiro atoms. The first-order valence-corrected chi connectivity index (χ1v) is 8.96. The SMILES string of the molecule is CC(C)CC(CNC(=O)OC(C)(C)C)NC1CC2CCC1C2. The molecule has 2 aliphatic rings. The molecule has 0 heterocycles.